The predicted molar refractivity (Wildman–Crippen MR) is 141 cm³/mol. The Morgan fingerprint density at radius 1 is 1.18 bits per heavy atom. The third-order valence-electron chi connectivity index (χ3n) is 6.72. The van der Waals surface area contributed by atoms with E-state index in [0.717, 1.165) is 11.3 Å². The molecular weight excluding hydrogens is 491 g/mol. The lowest BCUT2D eigenvalue weighted by molar-refractivity contribution is 0.000363. The predicted octanol–water partition coefficient (Wildman–Crippen LogP) is 4.00. The average molecular weight is 525 g/mol. The number of carbonyl (C=O) groups excluding carboxylic acids is 2. The number of piperazine rings is 1. The molecule has 3 aromatic heterocycles. The molecule has 11 nitrogen and oxygen atoms in total. The Kier molecular flexibility index (Phi) is 6.15. The van der Waals surface area contributed by atoms with Crippen molar-refractivity contribution >= 4 is 35.0 Å². The van der Waals surface area contributed by atoms with Crippen molar-refractivity contribution in [1.82, 2.24) is 24.5 Å². The fraction of sp³-hybridized carbons (Fsp3) is 0.500. The molecule has 0 bridgehead atoms. The molecule has 2 aliphatic rings. The van der Waals surface area contributed by atoms with E-state index in [4.69, 9.17) is 4.74 Å². The lowest BCUT2D eigenvalue weighted by Gasteiger charge is -2.48. The molecule has 3 amide bonds. The van der Waals surface area contributed by atoms with Gasteiger partial charge in [-0.05, 0) is 54.0 Å². The lowest BCUT2D eigenvalue weighted by atomic mass is 9.98. The van der Waals surface area contributed by atoms with Crippen molar-refractivity contribution < 1.29 is 18.7 Å². The van der Waals surface area contributed by atoms with E-state index in [1.165, 1.54) is 21.7 Å². The van der Waals surface area contributed by atoms with Crippen LogP contribution in [-0.4, -0.2) is 73.9 Å². The van der Waals surface area contributed by atoms with Gasteiger partial charge in [0, 0.05) is 49.7 Å². The molecule has 202 valence electrons. The first-order valence-electron chi connectivity index (χ1n) is 12.7. The SMILES string of the molecule is Cc1nc2cc(F)c(NC(=O)N3CCc4c(N5CCN(C(=O)OC(C)(C)C)C(C)(C)C5)ccnc43)cn2n1. The van der Waals surface area contributed by atoms with Gasteiger partial charge in [-0.25, -0.2) is 28.5 Å². The van der Waals surface area contributed by atoms with Crippen LogP contribution in [0.3, 0.4) is 0 Å². The van der Waals surface area contributed by atoms with Gasteiger partial charge in [0.05, 0.1) is 17.4 Å². The summed E-state index contributed by atoms with van der Waals surface area (Å²) in [6.07, 6.45) is 3.38. The molecule has 5 rings (SSSR count). The van der Waals surface area contributed by atoms with Crippen LogP contribution in [0.5, 0.6) is 0 Å². The number of ether oxygens (including phenoxy) is 1. The highest BCUT2D eigenvalue weighted by molar-refractivity contribution is 6.03. The van der Waals surface area contributed by atoms with E-state index < -0.39 is 23.0 Å². The Bertz CT molecular complexity index is 1410. The smallest absolute Gasteiger partial charge is 0.410 e. The number of nitrogens with one attached hydrogen (secondary N) is 1. The van der Waals surface area contributed by atoms with Gasteiger partial charge in [0.1, 0.15) is 17.2 Å². The molecule has 1 fully saturated rings. The maximum absolute atomic E-state index is 14.7. The zero-order valence-corrected chi connectivity index (χ0v) is 22.6. The number of nitrogens with zero attached hydrogens (tertiary/aromatic N) is 7. The summed E-state index contributed by atoms with van der Waals surface area (Å²) in [4.78, 5) is 40.2. The molecule has 0 spiro atoms. The number of carbonyl (C=O) groups is 2. The number of pyridine rings is 2. The minimum absolute atomic E-state index is 0.0111. The van der Waals surface area contributed by atoms with Crippen LogP contribution in [0.15, 0.2) is 24.5 Å². The van der Waals surface area contributed by atoms with Crippen LogP contribution in [0.2, 0.25) is 0 Å². The van der Waals surface area contributed by atoms with Gasteiger partial charge in [-0.3, -0.25) is 9.80 Å². The zero-order valence-electron chi connectivity index (χ0n) is 22.6. The standard InChI is InChI=1S/C26H33FN8O3/c1-16-29-21-13-18(27)19(14-35(21)31-16)30-23(36)33-10-8-17-20(7-9-28-22(17)33)32-11-12-34(26(5,6)15-32)24(37)38-25(2,3)4/h7,9,13-14H,8,10-12,15H2,1-6H3,(H,30,36). The van der Waals surface area contributed by atoms with E-state index in [2.05, 4.69) is 25.3 Å². The molecule has 2 aliphatic heterocycles. The van der Waals surface area contributed by atoms with E-state index in [9.17, 15) is 14.0 Å². The van der Waals surface area contributed by atoms with Gasteiger partial charge in [-0.1, -0.05) is 0 Å². The Morgan fingerprint density at radius 3 is 2.66 bits per heavy atom. The van der Waals surface area contributed by atoms with Crippen molar-refractivity contribution in [2.24, 2.45) is 0 Å². The summed E-state index contributed by atoms with van der Waals surface area (Å²) in [6.45, 7) is 13.5. The van der Waals surface area contributed by atoms with E-state index in [-0.39, 0.29) is 11.8 Å². The minimum Gasteiger partial charge on any atom is -0.444 e. The fourth-order valence-electron chi connectivity index (χ4n) is 5.07. The molecule has 5 heterocycles. The number of rotatable bonds is 2. The normalized spacial score (nSPS) is 17.1. The Balaban J connectivity index is 1.34. The molecule has 0 saturated carbocycles. The molecular formula is C26H33FN8O3. The van der Waals surface area contributed by atoms with Gasteiger partial charge in [-0.15, -0.1) is 0 Å². The number of fused-ring (bicyclic) bond motifs is 2. The Hall–Kier alpha value is -3.96. The number of anilines is 3. The maximum Gasteiger partial charge on any atom is 0.410 e. The first kappa shape index (κ1) is 25.7. The van der Waals surface area contributed by atoms with Crippen LogP contribution >= 0.6 is 0 Å². The van der Waals surface area contributed by atoms with Crippen LogP contribution in [0, 0.1) is 12.7 Å². The third-order valence-corrected chi connectivity index (χ3v) is 6.72. The largest absolute Gasteiger partial charge is 0.444 e. The van der Waals surface area contributed by atoms with Crippen LogP contribution in [-0.2, 0) is 11.2 Å². The lowest BCUT2D eigenvalue weighted by Crippen LogP contribution is -2.62. The van der Waals surface area contributed by atoms with E-state index in [1.807, 2.05) is 40.7 Å². The topological polar surface area (TPSA) is 108 Å². The van der Waals surface area contributed by atoms with E-state index in [0.29, 0.717) is 49.9 Å². The highest BCUT2D eigenvalue weighted by atomic mass is 19.1. The number of aryl methyl sites for hydroxylation is 1. The molecule has 1 N–H and O–H groups in total. The second kappa shape index (κ2) is 9.10. The quantitative estimate of drug-likeness (QED) is 0.540. The van der Waals surface area contributed by atoms with E-state index >= 15 is 0 Å². The molecule has 0 unspecified atom stereocenters. The van der Waals surface area contributed by atoms with Crippen LogP contribution in [0.25, 0.3) is 5.65 Å². The van der Waals surface area contributed by atoms with Crippen molar-refractivity contribution in [3.63, 3.8) is 0 Å². The van der Waals surface area contributed by atoms with Crippen LogP contribution in [0.1, 0.15) is 46.0 Å². The number of amides is 3. The number of hydrogen-bond donors (Lipinski definition) is 1. The van der Waals surface area contributed by atoms with E-state index in [1.54, 1.807) is 18.0 Å². The molecule has 0 aliphatic carbocycles. The summed E-state index contributed by atoms with van der Waals surface area (Å²) >= 11 is 0. The van der Waals surface area contributed by atoms with Crippen molar-refractivity contribution in [2.75, 3.05) is 41.3 Å². The molecule has 0 aromatic carbocycles. The molecule has 3 aromatic rings. The first-order valence-corrected chi connectivity index (χ1v) is 12.7. The van der Waals surface area contributed by atoms with Gasteiger partial charge < -0.3 is 15.0 Å². The molecule has 1 saturated heterocycles. The minimum atomic E-state index is -0.593. The number of urea groups is 1. The molecule has 0 radical (unpaired) electrons. The second-order valence-corrected chi connectivity index (χ2v) is 11.3. The second-order valence-electron chi connectivity index (χ2n) is 11.3. The van der Waals surface area contributed by atoms with Crippen molar-refractivity contribution in [1.29, 1.82) is 0 Å². The Labute approximate surface area is 220 Å². The highest BCUT2D eigenvalue weighted by Crippen LogP contribution is 2.36. The van der Waals surface area contributed by atoms with Gasteiger partial charge in [-0.2, -0.15) is 5.10 Å². The third kappa shape index (κ3) is 4.82. The first-order chi connectivity index (χ1) is 17.8. The Morgan fingerprint density at radius 2 is 1.95 bits per heavy atom. The number of aromatic nitrogens is 4. The monoisotopic (exact) mass is 524 g/mol. The summed E-state index contributed by atoms with van der Waals surface area (Å²) in [5.74, 6) is 0.461. The average Bonchev–Trinajstić information content (AvgIpc) is 3.39. The summed E-state index contributed by atoms with van der Waals surface area (Å²) in [7, 11) is 0. The van der Waals surface area contributed by atoms with Crippen LogP contribution in [0.4, 0.5) is 31.2 Å². The van der Waals surface area contributed by atoms with Gasteiger partial charge in [0.15, 0.2) is 11.5 Å². The molecule has 38 heavy (non-hydrogen) atoms. The molecule has 0 atom stereocenters. The highest BCUT2D eigenvalue weighted by Gasteiger charge is 2.40. The molecule has 12 heteroatoms. The van der Waals surface area contributed by atoms with Crippen LogP contribution < -0.4 is 15.1 Å². The van der Waals surface area contributed by atoms with Crippen molar-refractivity contribution in [3.8, 4) is 0 Å². The van der Waals surface area contributed by atoms with Gasteiger partial charge >= 0.3 is 12.1 Å². The fourth-order valence-corrected chi connectivity index (χ4v) is 5.07. The van der Waals surface area contributed by atoms with Gasteiger partial charge in [0.2, 0.25) is 0 Å². The summed E-state index contributed by atoms with van der Waals surface area (Å²) in [6, 6.07) is 2.71. The van der Waals surface area contributed by atoms with Gasteiger partial charge in [0.25, 0.3) is 0 Å². The number of hydrogen-bond acceptors (Lipinski definition) is 7. The maximum atomic E-state index is 14.7. The van der Waals surface area contributed by atoms with Crippen molar-refractivity contribution in [2.45, 2.75) is 59.1 Å². The van der Waals surface area contributed by atoms with Crippen molar-refractivity contribution in [3.05, 3.63) is 41.7 Å². The summed E-state index contributed by atoms with van der Waals surface area (Å²) in [5, 5.41) is 6.84. The number of halogens is 1. The zero-order chi connectivity index (χ0) is 27.4. The summed E-state index contributed by atoms with van der Waals surface area (Å²) < 4.78 is 21.7. The summed E-state index contributed by atoms with van der Waals surface area (Å²) in [5.41, 5.74) is 1.27.